The molecule has 1 heterocycles. The van der Waals surface area contributed by atoms with E-state index in [1.807, 2.05) is 24.3 Å². The van der Waals surface area contributed by atoms with Crippen LogP contribution in [0.15, 0.2) is 30.5 Å². The van der Waals surface area contributed by atoms with E-state index in [2.05, 4.69) is 10.2 Å². The first kappa shape index (κ1) is 12.4. The molecule has 2 rings (SSSR count). The molecule has 1 aromatic heterocycles. The lowest BCUT2D eigenvalue weighted by molar-refractivity contribution is 0.355. The van der Waals surface area contributed by atoms with E-state index in [0.717, 1.165) is 17.0 Å². The third-order valence-electron chi connectivity index (χ3n) is 2.20. The maximum Gasteiger partial charge on any atom is 0.161 e. The van der Waals surface area contributed by atoms with Crippen LogP contribution in [0.2, 0.25) is 0 Å². The van der Waals surface area contributed by atoms with Gasteiger partial charge in [-0.25, -0.2) is 0 Å². The lowest BCUT2D eigenvalue weighted by atomic mass is 10.1. The Morgan fingerprint density at radius 1 is 1.06 bits per heavy atom. The number of rotatable bonds is 3. The van der Waals surface area contributed by atoms with Crippen LogP contribution in [0.1, 0.15) is 0 Å². The second-order valence-corrected chi connectivity index (χ2v) is 3.04. The van der Waals surface area contributed by atoms with Crippen molar-refractivity contribution in [3.63, 3.8) is 0 Å². The summed E-state index contributed by atoms with van der Waals surface area (Å²) in [6.07, 6.45) is 1.71. The van der Waals surface area contributed by atoms with E-state index in [-0.39, 0.29) is 12.4 Å². The van der Waals surface area contributed by atoms with E-state index in [1.54, 1.807) is 20.4 Å². The molecule has 0 atom stereocenters. The molecule has 2 aromatic rings. The Hall–Kier alpha value is -1.68. The number of aromatic nitrogens is 2. The fraction of sp³-hybridized carbons (Fsp3) is 0.182. The number of benzene rings is 1. The van der Waals surface area contributed by atoms with Crippen molar-refractivity contribution in [2.24, 2.45) is 0 Å². The third-order valence-corrected chi connectivity index (χ3v) is 2.20. The van der Waals surface area contributed by atoms with Gasteiger partial charge < -0.3 is 9.47 Å². The first-order valence-electron chi connectivity index (χ1n) is 4.57. The largest absolute Gasteiger partial charge is 0.493 e. The average Bonchev–Trinajstić information content (AvgIpc) is 2.81. The predicted octanol–water partition coefficient (Wildman–Crippen LogP) is 2.52. The summed E-state index contributed by atoms with van der Waals surface area (Å²) in [6, 6.07) is 7.64. The number of hydrogen-bond donors (Lipinski definition) is 1. The average molecular weight is 241 g/mol. The third kappa shape index (κ3) is 2.28. The molecule has 4 nitrogen and oxygen atoms in total. The molecule has 5 heteroatoms. The first-order chi connectivity index (χ1) is 7.35. The van der Waals surface area contributed by atoms with Gasteiger partial charge in [0.05, 0.1) is 19.9 Å². The van der Waals surface area contributed by atoms with Gasteiger partial charge in [0, 0.05) is 11.8 Å². The number of H-pyrrole nitrogens is 1. The molecule has 16 heavy (non-hydrogen) atoms. The van der Waals surface area contributed by atoms with Gasteiger partial charge >= 0.3 is 0 Å². The Morgan fingerprint density at radius 3 is 2.38 bits per heavy atom. The minimum absolute atomic E-state index is 0. The van der Waals surface area contributed by atoms with Gasteiger partial charge in [0.25, 0.3) is 0 Å². The molecular weight excluding hydrogens is 228 g/mol. The van der Waals surface area contributed by atoms with E-state index in [1.165, 1.54) is 0 Å². The molecule has 0 saturated carbocycles. The molecule has 0 amide bonds. The zero-order valence-electron chi connectivity index (χ0n) is 9.06. The van der Waals surface area contributed by atoms with Gasteiger partial charge in [-0.3, -0.25) is 5.10 Å². The molecule has 0 bridgehead atoms. The highest BCUT2D eigenvalue weighted by Crippen LogP contribution is 2.31. The molecule has 0 spiro atoms. The summed E-state index contributed by atoms with van der Waals surface area (Å²) in [5.41, 5.74) is 1.97. The van der Waals surface area contributed by atoms with Crippen molar-refractivity contribution in [1.29, 1.82) is 0 Å². The lowest BCUT2D eigenvalue weighted by Crippen LogP contribution is -1.90. The standard InChI is InChI=1S/C11H12N2O2.ClH/c1-14-10-4-3-8(7-11(10)15-2)9-5-6-12-13-9;/h3-7H,1-2H3,(H,12,13);1H. The summed E-state index contributed by atoms with van der Waals surface area (Å²) in [5, 5.41) is 6.80. The summed E-state index contributed by atoms with van der Waals surface area (Å²) in [6.45, 7) is 0. The van der Waals surface area contributed by atoms with Crippen LogP contribution in [0.4, 0.5) is 0 Å². The van der Waals surface area contributed by atoms with Crippen LogP contribution in [0.5, 0.6) is 11.5 Å². The van der Waals surface area contributed by atoms with Crippen molar-refractivity contribution in [3.8, 4) is 22.8 Å². The predicted molar refractivity (Wildman–Crippen MR) is 64.4 cm³/mol. The molecular formula is C11H13ClN2O2. The number of nitrogens with one attached hydrogen (secondary N) is 1. The molecule has 0 aliphatic carbocycles. The van der Waals surface area contributed by atoms with E-state index in [9.17, 15) is 0 Å². The summed E-state index contributed by atoms with van der Waals surface area (Å²) in [5.74, 6) is 1.44. The summed E-state index contributed by atoms with van der Waals surface area (Å²) in [7, 11) is 3.24. The monoisotopic (exact) mass is 240 g/mol. The minimum atomic E-state index is 0. The molecule has 0 aliphatic rings. The maximum atomic E-state index is 5.22. The van der Waals surface area contributed by atoms with Crippen molar-refractivity contribution in [1.82, 2.24) is 10.2 Å². The van der Waals surface area contributed by atoms with Crippen LogP contribution in [-0.2, 0) is 0 Å². The Balaban J connectivity index is 0.00000128. The Kier molecular flexibility index (Phi) is 4.19. The van der Waals surface area contributed by atoms with Crippen molar-refractivity contribution < 1.29 is 9.47 Å². The molecule has 0 saturated heterocycles. The summed E-state index contributed by atoms with van der Waals surface area (Å²) in [4.78, 5) is 0. The second-order valence-electron chi connectivity index (χ2n) is 3.04. The SMILES string of the molecule is COc1ccc(-c2ccn[nH]2)cc1OC.Cl. The molecule has 0 fully saturated rings. The van der Waals surface area contributed by atoms with Crippen LogP contribution in [-0.4, -0.2) is 24.4 Å². The molecule has 0 radical (unpaired) electrons. The van der Waals surface area contributed by atoms with Crippen molar-refractivity contribution in [2.45, 2.75) is 0 Å². The highest BCUT2D eigenvalue weighted by molar-refractivity contribution is 5.85. The number of halogens is 1. The molecule has 0 aliphatic heterocycles. The van der Waals surface area contributed by atoms with E-state index in [0.29, 0.717) is 5.75 Å². The fourth-order valence-electron chi connectivity index (χ4n) is 1.42. The molecule has 86 valence electrons. The van der Waals surface area contributed by atoms with Gasteiger partial charge in [0.2, 0.25) is 0 Å². The van der Waals surface area contributed by atoms with E-state index >= 15 is 0 Å². The number of hydrogen-bond acceptors (Lipinski definition) is 3. The van der Waals surface area contributed by atoms with E-state index in [4.69, 9.17) is 9.47 Å². The molecule has 1 N–H and O–H groups in total. The summed E-state index contributed by atoms with van der Waals surface area (Å²) >= 11 is 0. The molecule has 0 unspecified atom stereocenters. The fourth-order valence-corrected chi connectivity index (χ4v) is 1.42. The van der Waals surface area contributed by atoms with Crippen molar-refractivity contribution >= 4 is 12.4 Å². The van der Waals surface area contributed by atoms with Gasteiger partial charge in [-0.1, -0.05) is 0 Å². The van der Waals surface area contributed by atoms with Gasteiger partial charge in [0.15, 0.2) is 11.5 Å². The highest BCUT2D eigenvalue weighted by Gasteiger charge is 2.06. The Bertz CT molecular complexity index is 443. The lowest BCUT2D eigenvalue weighted by Gasteiger charge is -2.08. The zero-order chi connectivity index (χ0) is 10.7. The summed E-state index contributed by atoms with van der Waals surface area (Å²) < 4.78 is 10.4. The van der Waals surface area contributed by atoms with Crippen LogP contribution < -0.4 is 9.47 Å². The van der Waals surface area contributed by atoms with Crippen LogP contribution in [0.3, 0.4) is 0 Å². The number of methoxy groups -OCH3 is 2. The Labute approximate surface area is 100.0 Å². The van der Waals surface area contributed by atoms with Crippen LogP contribution >= 0.6 is 12.4 Å². The van der Waals surface area contributed by atoms with E-state index < -0.39 is 0 Å². The highest BCUT2D eigenvalue weighted by atomic mass is 35.5. The number of ether oxygens (including phenoxy) is 2. The number of aromatic amines is 1. The first-order valence-corrected chi connectivity index (χ1v) is 4.57. The second kappa shape index (κ2) is 5.42. The van der Waals surface area contributed by atoms with Gasteiger partial charge in [0.1, 0.15) is 0 Å². The quantitative estimate of drug-likeness (QED) is 0.897. The van der Waals surface area contributed by atoms with Gasteiger partial charge in [-0.2, -0.15) is 5.10 Å². The van der Waals surface area contributed by atoms with Crippen LogP contribution in [0, 0.1) is 0 Å². The normalized spacial score (nSPS) is 9.38. The zero-order valence-corrected chi connectivity index (χ0v) is 9.88. The van der Waals surface area contributed by atoms with Gasteiger partial charge in [-0.05, 0) is 24.3 Å². The van der Waals surface area contributed by atoms with Gasteiger partial charge in [-0.15, -0.1) is 12.4 Å². The Morgan fingerprint density at radius 2 is 1.81 bits per heavy atom. The number of nitrogens with zero attached hydrogens (tertiary/aromatic N) is 1. The van der Waals surface area contributed by atoms with Crippen LogP contribution in [0.25, 0.3) is 11.3 Å². The van der Waals surface area contributed by atoms with Crippen molar-refractivity contribution in [3.05, 3.63) is 30.5 Å². The topological polar surface area (TPSA) is 47.1 Å². The molecule has 1 aromatic carbocycles. The van der Waals surface area contributed by atoms with Crippen molar-refractivity contribution in [2.75, 3.05) is 14.2 Å². The minimum Gasteiger partial charge on any atom is -0.493 e. The smallest absolute Gasteiger partial charge is 0.161 e. The maximum absolute atomic E-state index is 5.22.